The Balaban J connectivity index is 2.40. The number of likely N-dealkylation sites (tertiary alicyclic amines) is 1. The minimum atomic E-state index is -0.0559. The van der Waals surface area contributed by atoms with Crippen LogP contribution in [0.1, 0.15) is 32.6 Å². The van der Waals surface area contributed by atoms with Gasteiger partial charge in [-0.05, 0) is 32.7 Å². The lowest BCUT2D eigenvalue weighted by Gasteiger charge is -2.33. The molecule has 94 valence electrons. The summed E-state index contributed by atoms with van der Waals surface area (Å²) in [7, 11) is 1.71. The molecule has 4 nitrogen and oxygen atoms in total. The Morgan fingerprint density at radius 2 is 2.25 bits per heavy atom. The first-order chi connectivity index (χ1) is 7.79. The van der Waals surface area contributed by atoms with Crippen molar-refractivity contribution in [3.05, 3.63) is 0 Å². The van der Waals surface area contributed by atoms with Crippen LogP contribution in [0.2, 0.25) is 0 Å². The highest BCUT2D eigenvalue weighted by molar-refractivity contribution is 5.75. The molecule has 0 spiro atoms. The van der Waals surface area contributed by atoms with Gasteiger partial charge in [0.2, 0.25) is 0 Å². The lowest BCUT2D eigenvalue weighted by atomic mass is 10.0. The number of methoxy groups -OCH3 is 1. The van der Waals surface area contributed by atoms with Gasteiger partial charge in [0, 0.05) is 20.3 Å². The number of rotatable bonds is 6. The van der Waals surface area contributed by atoms with E-state index in [1.165, 1.54) is 6.42 Å². The maximum atomic E-state index is 11.7. The number of piperidine rings is 1. The number of carbonyl (C=O) groups excluding carboxylic acids is 1. The highest BCUT2D eigenvalue weighted by Crippen LogP contribution is 2.18. The Hall–Kier alpha value is -0.610. The second-order valence-corrected chi connectivity index (χ2v) is 4.15. The molecule has 0 N–H and O–H groups in total. The molecular weight excluding hydrogens is 206 g/mol. The monoisotopic (exact) mass is 229 g/mol. The molecule has 1 atom stereocenters. The number of hydrogen-bond donors (Lipinski definition) is 0. The van der Waals surface area contributed by atoms with Crippen LogP contribution in [-0.2, 0) is 14.3 Å². The van der Waals surface area contributed by atoms with Gasteiger partial charge in [-0.15, -0.1) is 0 Å². The minimum Gasteiger partial charge on any atom is -0.465 e. The third-order valence-electron chi connectivity index (χ3n) is 2.97. The third-order valence-corrected chi connectivity index (χ3v) is 2.97. The molecule has 1 rings (SSSR count). The lowest BCUT2D eigenvalue weighted by molar-refractivity contribution is -0.151. The Morgan fingerprint density at radius 3 is 2.94 bits per heavy atom. The van der Waals surface area contributed by atoms with Crippen LogP contribution in [0.4, 0.5) is 0 Å². The molecule has 0 aromatic heterocycles. The number of carbonyl (C=O) groups is 1. The first-order valence-electron chi connectivity index (χ1n) is 6.19. The van der Waals surface area contributed by atoms with Crippen molar-refractivity contribution in [2.45, 2.75) is 38.6 Å². The van der Waals surface area contributed by atoms with Gasteiger partial charge in [-0.2, -0.15) is 0 Å². The van der Waals surface area contributed by atoms with Crippen LogP contribution >= 0.6 is 0 Å². The summed E-state index contributed by atoms with van der Waals surface area (Å²) in [4.78, 5) is 14.0. The van der Waals surface area contributed by atoms with E-state index in [-0.39, 0.29) is 12.0 Å². The molecule has 0 aromatic rings. The number of ether oxygens (including phenoxy) is 2. The first kappa shape index (κ1) is 13.5. The highest BCUT2D eigenvalue weighted by Gasteiger charge is 2.29. The molecule has 1 aliphatic heterocycles. The number of nitrogens with zero attached hydrogens (tertiary/aromatic N) is 1. The summed E-state index contributed by atoms with van der Waals surface area (Å²) in [6, 6.07) is -0.0226. The van der Waals surface area contributed by atoms with Gasteiger partial charge in [-0.25, -0.2) is 0 Å². The standard InChI is InChI=1S/C12H23NO3/c1-3-16-12(14)11-7-4-5-8-13(11)9-6-10-15-2/h11H,3-10H2,1-2H3. The zero-order valence-corrected chi connectivity index (χ0v) is 10.4. The van der Waals surface area contributed by atoms with Gasteiger partial charge >= 0.3 is 5.97 Å². The molecule has 0 amide bonds. The van der Waals surface area contributed by atoms with Gasteiger partial charge in [0.15, 0.2) is 0 Å². The van der Waals surface area contributed by atoms with E-state index in [0.29, 0.717) is 6.61 Å². The molecule has 1 unspecified atom stereocenters. The van der Waals surface area contributed by atoms with Gasteiger partial charge in [0.05, 0.1) is 6.61 Å². The van der Waals surface area contributed by atoms with E-state index in [0.717, 1.165) is 39.0 Å². The summed E-state index contributed by atoms with van der Waals surface area (Å²) in [5, 5.41) is 0. The molecule has 0 bridgehead atoms. The quantitative estimate of drug-likeness (QED) is 0.510. The van der Waals surface area contributed by atoms with Gasteiger partial charge in [-0.3, -0.25) is 9.69 Å². The average Bonchev–Trinajstić information content (AvgIpc) is 2.30. The van der Waals surface area contributed by atoms with Crippen molar-refractivity contribution in [2.24, 2.45) is 0 Å². The average molecular weight is 229 g/mol. The smallest absolute Gasteiger partial charge is 0.323 e. The zero-order valence-electron chi connectivity index (χ0n) is 10.4. The molecule has 1 aliphatic rings. The van der Waals surface area contributed by atoms with Crippen molar-refractivity contribution < 1.29 is 14.3 Å². The van der Waals surface area contributed by atoms with Crippen molar-refractivity contribution in [2.75, 3.05) is 33.4 Å². The van der Waals surface area contributed by atoms with E-state index in [1.807, 2.05) is 6.92 Å². The van der Waals surface area contributed by atoms with Crippen LogP contribution < -0.4 is 0 Å². The van der Waals surface area contributed by atoms with Crippen molar-refractivity contribution in [3.63, 3.8) is 0 Å². The summed E-state index contributed by atoms with van der Waals surface area (Å²) in [6.07, 6.45) is 4.23. The van der Waals surface area contributed by atoms with Crippen LogP contribution in [0.15, 0.2) is 0 Å². The second-order valence-electron chi connectivity index (χ2n) is 4.15. The number of hydrogen-bond acceptors (Lipinski definition) is 4. The van der Waals surface area contributed by atoms with E-state index in [4.69, 9.17) is 9.47 Å². The van der Waals surface area contributed by atoms with Gasteiger partial charge in [0.1, 0.15) is 6.04 Å². The Bertz CT molecular complexity index is 208. The SMILES string of the molecule is CCOC(=O)C1CCCCN1CCCOC. The Kier molecular flexibility index (Phi) is 6.42. The summed E-state index contributed by atoms with van der Waals surface area (Å²) >= 11 is 0. The molecule has 16 heavy (non-hydrogen) atoms. The molecule has 1 fully saturated rings. The van der Waals surface area contributed by atoms with Crippen LogP contribution in [0.3, 0.4) is 0 Å². The summed E-state index contributed by atoms with van der Waals surface area (Å²) in [6.45, 7) is 5.02. The van der Waals surface area contributed by atoms with Crippen LogP contribution in [-0.4, -0.2) is 50.3 Å². The lowest BCUT2D eigenvalue weighted by Crippen LogP contribution is -2.46. The van der Waals surface area contributed by atoms with Crippen molar-refractivity contribution in [1.29, 1.82) is 0 Å². The molecule has 0 aromatic carbocycles. The fraction of sp³-hybridized carbons (Fsp3) is 0.917. The highest BCUT2D eigenvalue weighted by atomic mass is 16.5. The predicted molar refractivity (Wildman–Crippen MR) is 62.3 cm³/mol. The molecular formula is C12H23NO3. The molecule has 1 heterocycles. The predicted octanol–water partition coefficient (Wildman–Crippen LogP) is 1.44. The Morgan fingerprint density at radius 1 is 1.44 bits per heavy atom. The molecule has 0 saturated carbocycles. The fourth-order valence-electron chi connectivity index (χ4n) is 2.18. The van der Waals surface area contributed by atoms with Gasteiger partial charge in [-0.1, -0.05) is 6.42 Å². The maximum Gasteiger partial charge on any atom is 0.323 e. The van der Waals surface area contributed by atoms with E-state index >= 15 is 0 Å². The van der Waals surface area contributed by atoms with Crippen molar-refractivity contribution in [3.8, 4) is 0 Å². The Labute approximate surface area is 97.9 Å². The zero-order chi connectivity index (χ0) is 11.8. The van der Waals surface area contributed by atoms with E-state index in [2.05, 4.69) is 4.90 Å². The van der Waals surface area contributed by atoms with Crippen molar-refractivity contribution in [1.82, 2.24) is 4.90 Å². The maximum absolute atomic E-state index is 11.7. The van der Waals surface area contributed by atoms with Crippen LogP contribution in [0.25, 0.3) is 0 Å². The largest absolute Gasteiger partial charge is 0.465 e. The fourth-order valence-corrected chi connectivity index (χ4v) is 2.18. The molecule has 0 radical (unpaired) electrons. The first-order valence-corrected chi connectivity index (χ1v) is 6.19. The van der Waals surface area contributed by atoms with E-state index in [9.17, 15) is 4.79 Å². The van der Waals surface area contributed by atoms with Crippen LogP contribution in [0, 0.1) is 0 Å². The normalized spacial score (nSPS) is 22.0. The van der Waals surface area contributed by atoms with Gasteiger partial charge < -0.3 is 9.47 Å². The third kappa shape index (κ3) is 4.10. The summed E-state index contributed by atoms with van der Waals surface area (Å²) in [5.74, 6) is -0.0559. The van der Waals surface area contributed by atoms with Crippen LogP contribution in [0.5, 0.6) is 0 Å². The minimum absolute atomic E-state index is 0.0226. The molecule has 1 saturated heterocycles. The summed E-state index contributed by atoms with van der Waals surface area (Å²) in [5.41, 5.74) is 0. The van der Waals surface area contributed by atoms with Crippen molar-refractivity contribution >= 4 is 5.97 Å². The topological polar surface area (TPSA) is 38.8 Å². The molecule has 4 heteroatoms. The second kappa shape index (κ2) is 7.63. The van der Waals surface area contributed by atoms with Gasteiger partial charge in [0.25, 0.3) is 0 Å². The molecule has 0 aliphatic carbocycles. The van der Waals surface area contributed by atoms with E-state index in [1.54, 1.807) is 7.11 Å². The number of esters is 1. The summed E-state index contributed by atoms with van der Waals surface area (Å²) < 4.78 is 10.1. The van der Waals surface area contributed by atoms with E-state index < -0.39 is 0 Å².